The van der Waals surface area contributed by atoms with Crippen molar-refractivity contribution in [2.75, 3.05) is 0 Å². The number of hydrogen-bond acceptors (Lipinski definition) is 2. The van der Waals surface area contributed by atoms with E-state index in [9.17, 15) is 0 Å². The second-order valence-electron chi connectivity index (χ2n) is 1.44. The van der Waals surface area contributed by atoms with Gasteiger partial charge in [-0.1, -0.05) is 0 Å². The molecule has 39 valence electrons. The predicted octanol–water partition coefficient (Wildman–Crippen LogP) is 1.20. The molecule has 2 heterocycles. The highest BCUT2D eigenvalue weighted by Crippen LogP contribution is 2.05. The van der Waals surface area contributed by atoms with Crippen LogP contribution in [-0.2, 0) is 0 Å². The van der Waals surface area contributed by atoms with Crippen molar-refractivity contribution in [1.82, 2.24) is 9.38 Å². The number of hydrogen-bond donors (Lipinski definition) is 0. The fourth-order valence-corrected chi connectivity index (χ4v) is 1.23. The third kappa shape index (κ3) is 0.391. The number of aromatic nitrogens is 2. The number of imidazole rings is 1. The normalized spacial score (nSPS) is 10.5. The summed E-state index contributed by atoms with van der Waals surface area (Å²) in [4.78, 5) is 5.03. The highest BCUT2D eigenvalue weighted by molar-refractivity contribution is 7.15. The van der Waals surface area contributed by atoms with E-state index < -0.39 is 0 Å². The molecule has 1 radical (unpaired) electrons. The van der Waals surface area contributed by atoms with Gasteiger partial charge in [-0.2, -0.15) is 0 Å². The van der Waals surface area contributed by atoms with Crippen molar-refractivity contribution in [3.05, 3.63) is 24.0 Å². The molecule has 2 nitrogen and oxygen atoms in total. The Kier molecular flexibility index (Phi) is 0.676. The van der Waals surface area contributed by atoms with Gasteiger partial charge in [0.2, 0.25) is 0 Å². The summed E-state index contributed by atoms with van der Waals surface area (Å²) in [7, 11) is 0. The summed E-state index contributed by atoms with van der Waals surface area (Å²) < 4.78 is 1.87. The molecule has 0 amide bonds. The van der Waals surface area contributed by atoms with Gasteiger partial charge in [0.1, 0.15) is 0 Å². The molecule has 0 spiro atoms. The van der Waals surface area contributed by atoms with Crippen molar-refractivity contribution < 1.29 is 0 Å². The quantitative estimate of drug-likeness (QED) is 0.514. The molecule has 0 saturated carbocycles. The van der Waals surface area contributed by atoms with Gasteiger partial charge < -0.3 is 0 Å². The Balaban J connectivity index is 3.06. The molecule has 0 N–H and O–H groups in total. The van der Waals surface area contributed by atoms with Crippen molar-refractivity contribution in [3.63, 3.8) is 0 Å². The van der Waals surface area contributed by atoms with Crippen molar-refractivity contribution >= 4 is 16.3 Å². The first kappa shape index (κ1) is 4.09. The lowest BCUT2D eigenvalue weighted by Crippen LogP contribution is -1.67. The first-order chi connectivity index (χ1) is 3.97. The van der Waals surface area contributed by atoms with Gasteiger partial charge in [0.15, 0.2) is 4.96 Å². The smallest absolute Gasteiger partial charge is 0.194 e. The van der Waals surface area contributed by atoms with Gasteiger partial charge in [-0.25, -0.2) is 4.98 Å². The Bertz CT molecular complexity index is 232. The minimum atomic E-state index is 1.00. The van der Waals surface area contributed by atoms with Crippen LogP contribution < -0.4 is 0 Å². The molecule has 0 unspecified atom stereocenters. The summed E-state index contributed by atoms with van der Waals surface area (Å²) in [5.41, 5.74) is 0. The summed E-state index contributed by atoms with van der Waals surface area (Å²) in [5, 5.41) is 1.89. The third-order valence-corrected chi connectivity index (χ3v) is 1.70. The molecule has 0 atom stereocenters. The van der Waals surface area contributed by atoms with Crippen LogP contribution in [0.3, 0.4) is 0 Å². The van der Waals surface area contributed by atoms with E-state index in [-0.39, 0.29) is 0 Å². The molecular formula is C5H3N2S. The van der Waals surface area contributed by atoms with E-state index in [4.69, 9.17) is 0 Å². The monoisotopic (exact) mass is 123 g/mol. The van der Waals surface area contributed by atoms with Crippen LogP contribution in [0.1, 0.15) is 0 Å². The summed E-state index contributed by atoms with van der Waals surface area (Å²) in [6.45, 7) is 0. The molecule has 2 rings (SSSR count). The van der Waals surface area contributed by atoms with Gasteiger partial charge in [0.05, 0.1) is 6.20 Å². The lowest BCUT2D eigenvalue weighted by molar-refractivity contribution is 1.22. The van der Waals surface area contributed by atoms with E-state index in [2.05, 4.69) is 11.2 Å². The lowest BCUT2D eigenvalue weighted by atomic mass is 10.9. The zero-order valence-electron chi connectivity index (χ0n) is 4.03. The van der Waals surface area contributed by atoms with Crippen LogP contribution in [0, 0.1) is 6.20 Å². The minimum Gasteiger partial charge on any atom is -0.289 e. The number of nitrogens with zero attached hydrogens (tertiary/aromatic N) is 2. The first-order valence-electron chi connectivity index (χ1n) is 2.25. The van der Waals surface area contributed by atoms with Gasteiger partial charge in [0, 0.05) is 17.8 Å². The van der Waals surface area contributed by atoms with E-state index in [0.29, 0.717) is 0 Å². The average molecular weight is 123 g/mol. The largest absolute Gasteiger partial charge is 0.289 e. The molecule has 0 aromatic carbocycles. The maximum atomic E-state index is 4.03. The molecule has 0 bridgehead atoms. The van der Waals surface area contributed by atoms with Crippen molar-refractivity contribution in [3.8, 4) is 0 Å². The standard InChI is InChI=1S/C5H3N2S/c1-2-7-3-4-8-5(7)6-1/h1-2,4H. The van der Waals surface area contributed by atoms with Crippen molar-refractivity contribution in [1.29, 1.82) is 0 Å². The van der Waals surface area contributed by atoms with E-state index >= 15 is 0 Å². The topological polar surface area (TPSA) is 17.3 Å². The predicted molar refractivity (Wildman–Crippen MR) is 31.9 cm³/mol. The molecule has 0 aliphatic rings. The maximum Gasteiger partial charge on any atom is 0.194 e. The number of fused-ring (bicyclic) bond motifs is 1. The highest BCUT2D eigenvalue weighted by Gasteiger charge is 1.89. The molecule has 0 aliphatic carbocycles. The zero-order valence-corrected chi connectivity index (χ0v) is 4.85. The fourth-order valence-electron chi connectivity index (χ4n) is 0.611. The van der Waals surface area contributed by atoms with Crippen LogP contribution in [0.5, 0.6) is 0 Å². The SMILES string of the molecule is [c]1csc2nccn12. The molecule has 0 aliphatic heterocycles. The van der Waals surface area contributed by atoms with Crippen LogP contribution >= 0.6 is 11.3 Å². The Morgan fingerprint density at radius 3 is 3.62 bits per heavy atom. The second-order valence-corrected chi connectivity index (χ2v) is 2.28. The highest BCUT2D eigenvalue weighted by atomic mass is 32.1. The summed E-state index contributed by atoms with van der Waals surface area (Å²) >= 11 is 1.59. The van der Waals surface area contributed by atoms with Crippen LogP contribution in [0.15, 0.2) is 17.8 Å². The van der Waals surface area contributed by atoms with Gasteiger partial charge in [-0.15, -0.1) is 11.3 Å². The second kappa shape index (κ2) is 1.32. The third-order valence-electron chi connectivity index (χ3n) is 0.963. The molecular weight excluding hydrogens is 120 g/mol. The van der Waals surface area contributed by atoms with Gasteiger partial charge in [-0.3, -0.25) is 4.40 Å². The number of rotatable bonds is 0. The van der Waals surface area contributed by atoms with Crippen LogP contribution in [0.2, 0.25) is 0 Å². The van der Waals surface area contributed by atoms with Crippen LogP contribution in [0.4, 0.5) is 0 Å². The first-order valence-corrected chi connectivity index (χ1v) is 3.13. The van der Waals surface area contributed by atoms with E-state index in [1.807, 2.05) is 16.0 Å². The molecule has 0 saturated heterocycles. The minimum absolute atomic E-state index is 1.00. The zero-order chi connectivity index (χ0) is 5.40. The Morgan fingerprint density at radius 1 is 1.75 bits per heavy atom. The molecule has 0 fully saturated rings. The molecule has 3 heteroatoms. The van der Waals surface area contributed by atoms with Gasteiger partial charge >= 0.3 is 0 Å². The van der Waals surface area contributed by atoms with Gasteiger partial charge in [0.25, 0.3) is 0 Å². The maximum absolute atomic E-state index is 4.03. The van der Waals surface area contributed by atoms with Crippen molar-refractivity contribution in [2.24, 2.45) is 0 Å². The van der Waals surface area contributed by atoms with Crippen molar-refractivity contribution in [2.45, 2.75) is 0 Å². The van der Waals surface area contributed by atoms with E-state index in [0.717, 1.165) is 4.96 Å². The van der Waals surface area contributed by atoms with E-state index in [1.165, 1.54) is 0 Å². The Labute approximate surface area is 50.4 Å². The molecule has 8 heavy (non-hydrogen) atoms. The van der Waals surface area contributed by atoms with Crippen LogP contribution in [0.25, 0.3) is 4.96 Å². The average Bonchev–Trinajstić information content (AvgIpc) is 2.15. The van der Waals surface area contributed by atoms with E-state index in [1.54, 1.807) is 17.5 Å². The Morgan fingerprint density at radius 2 is 2.75 bits per heavy atom. The fraction of sp³-hybridized carbons (Fsp3) is 0. The van der Waals surface area contributed by atoms with Gasteiger partial charge in [-0.05, 0) is 0 Å². The number of thiazole rings is 1. The van der Waals surface area contributed by atoms with Crippen LogP contribution in [-0.4, -0.2) is 9.38 Å². The summed E-state index contributed by atoms with van der Waals surface area (Å²) in [5.74, 6) is 0. The Hall–Kier alpha value is -0.830. The molecule has 2 aromatic heterocycles. The lowest BCUT2D eigenvalue weighted by Gasteiger charge is -1.70. The summed E-state index contributed by atoms with van der Waals surface area (Å²) in [6, 6.07) is 0. The molecule has 2 aromatic rings. The summed E-state index contributed by atoms with van der Waals surface area (Å²) in [6.07, 6.45) is 6.62.